The molecule has 214 valence electrons. The molecule has 3 aliphatic heterocycles. The molecule has 0 amide bonds. The highest BCUT2D eigenvalue weighted by atomic mass is 16.5. The summed E-state index contributed by atoms with van der Waals surface area (Å²) in [5, 5.41) is 5.10. The number of fused-ring (bicyclic) bond motifs is 1. The molecule has 6 heterocycles. The highest BCUT2D eigenvalue weighted by Gasteiger charge is 2.35. The largest absolute Gasteiger partial charge is 0.462 e. The first-order valence-electron chi connectivity index (χ1n) is 14.5. The number of nitrogens with zero attached hydrogens (tertiary/aromatic N) is 7. The Labute approximate surface area is 233 Å². The Bertz CT molecular complexity index is 1380. The van der Waals surface area contributed by atoms with Gasteiger partial charge in [-0.05, 0) is 44.4 Å². The van der Waals surface area contributed by atoms with Crippen molar-refractivity contribution < 1.29 is 14.3 Å². The first kappa shape index (κ1) is 26.8. The molecule has 0 spiro atoms. The summed E-state index contributed by atoms with van der Waals surface area (Å²) in [7, 11) is 0. The van der Waals surface area contributed by atoms with Crippen molar-refractivity contribution in [3.63, 3.8) is 0 Å². The van der Waals surface area contributed by atoms with E-state index in [1.54, 1.807) is 25.5 Å². The topological polar surface area (TPSA) is 131 Å². The van der Waals surface area contributed by atoms with Gasteiger partial charge in [0, 0.05) is 64.2 Å². The van der Waals surface area contributed by atoms with Gasteiger partial charge in [-0.1, -0.05) is 6.92 Å². The lowest BCUT2D eigenvalue weighted by Gasteiger charge is -2.34. The third kappa shape index (κ3) is 5.46. The van der Waals surface area contributed by atoms with E-state index < -0.39 is 5.97 Å². The summed E-state index contributed by atoms with van der Waals surface area (Å²) in [6.45, 7) is 10.5. The quantitative estimate of drug-likeness (QED) is 0.438. The zero-order chi connectivity index (χ0) is 27.6. The molecule has 3 aromatic heterocycles. The molecule has 6 rings (SSSR count). The molecule has 3 aliphatic rings. The van der Waals surface area contributed by atoms with Crippen LogP contribution in [0.3, 0.4) is 0 Å². The number of hydrogen-bond donors (Lipinski definition) is 1. The van der Waals surface area contributed by atoms with E-state index in [1.165, 1.54) is 0 Å². The Hall–Kier alpha value is -3.38. The number of hydrogen-bond acceptors (Lipinski definition) is 10. The van der Waals surface area contributed by atoms with Crippen molar-refractivity contribution in [3.05, 3.63) is 40.3 Å². The maximum atomic E-state index is 13.0. The van der Waals surface area contributed by atoms with Gasteiger partial charge in [-0.25, -0.2) is 24.4 Å². The van der Waals surface area contributed by atoms with Crippen LogP contribution >= 0.6 is 0 Å². The standard InChI is InChI=1S/C28H38N8O4/c1-3-40-27(38)20-12-29-28(30-13-20)35-8-4-19(5-9-35)16-34-15-18(2)23(17-34)24-32-25-22(26(37)33-24)14-31-36(25)21-6-10-39-11-7-21/h12-14,18-19,21,23H,3-11,15-17H2,1-2H3,(H,32,33,37). The third-order valence-electron chi connectivity index (χ3n) is 8.62. The smallest absolute Gasteiger partial charge is 0.341 e. The maximum Gasteiger partial charge on any atom is 0.341 e. The number of piperidine rings is 1. The van der Waals surface area contributed by atoms with E-state index in [9.17, 15) is 9.59 Å². The zero-order valence-electron chi connectivity index (χ0n) is 23.3. The second kappa shape index (κ2) is 11.6. The molecule has 0 saturated carbocycles. The van der Waals surface area contributed by atoms with Gasteiger partial charge in [-0.3, -0.25) is 4.79 Å². The summed E-state index contributed by atoms with van der Waals surface area (Å²) < 4.78 is 12.5. The lowest BCUT2D eigenvalue weighted by Crippen LogP contribution is -2.39. The van der Waals surface area contributed by atoms with Crippen molar-refractivity contribution in [1.29, 1.82) is 0 Å². The van der Waals surface area contributed by atoms with Crippen molar-refractivity contribution in [3.8, 4) is 0 Å². The van der Waals surface area contributed by atoms with Crippen molar-refractivity contribution in [2.45, 2.75) is 51.5 Å². The summed E-state index contributed by atoms with van der Waals surface area (Å²) in [4.78, 5) is 46.4. The minimum atomic E-state index is -0.393. The molecule has 0 bridgehead atoms. The molecule has 0 radical (unpaired) electrons. The van der Waals surface area contributed by atoms with Gasteiger partial charge < -0.3 is 24.3 Å². The predicted octanol–water partition coefficient (Wildman–Crippen LogP) is 2.39. The Kier molecular flexibility index (Phi) is 7.79. The van der Waals surface area contributed by atoms with Gasteiger partial charge in [0.25, 0.3) is 5.56 Å². The van der Waals surface area contributed by atoms with Crippen LogP contribution in [0.2, 0.25) is 0 Å². The Morgan fingerprint density at radius 2 is 1.85 bits per heavy atom. The van der Waals surface area contributed by atoms with E-state index in [0.29, 0.717) is 54.2 Å². The Morgan fingerprint density at radius 3 is 2.58 bits per heavy atom. The van der Waals surface area contributed by atoms with Gasteiger partial charge in [0.15, 0.2) is 5.65 Å². The lowest BCUT2D eigenvalue weighted by molar-refractivity contribution is 0.0525. The average molecular weight is 551 g/mol. The number of rotatable bonds is 7. The molecule has 3 saturated heterocycles. The number of esters is 1. The molecule has 2 unspecified atom stereocenters. The van der Waals surface area contributed by atoms with E-state index in [1.807, 2.05) is 4.68 Å². The van der Waals surface area contributed by atoms with E-state index >= 15 is 0 Å². The molecule has 12 heteroatoms. The minimum absolute atomic E-state index is 0.103. The van der Waals surface area contributed by atoms with Crippen LogP contribution < -0.4 is 10.5 Å². The number of aromatic amines is 1. The van der Waals surface area contributed by atoms with E-state index in [0.717, 1.165) is 64.2 Å². The van der Waals surface area contributed by atoms with Crippen LogP contribution in [0, 0.1) is 11.8 Å². The van der Waals surface area contributed by atoms with Gasteiger partial charge in [0.1, 0.15) is 11.2 Å². The molecule has 0 aliphatic carbocycles. The van der Waals surface area contributed by atoms with Crippen LogP contribution in [0.5, 0.6) is 0 Å². The fourth-order valence-electron chi connectivity index (χ4n) is 6.38. The number of carbonyl (C=O) groups is 1. The number of ether oxygens (including phenoxy) is 2. The van der Waals surface area contributed by atoms with Crippen molar-refractivity contribution in [2.24, 2.45) is 11.8 Å². The molecule has 3 fully saturated rings. The van der Waals surface area contributed by atoms with Crippen molar-refractivity contribution in [2.75, 3.05) is 57.4 Å². The highest BCUT2D eigenvalue weighted by Crippen LogP contribution is 2.33. The summed E-state index contributed by atoms with van der Waals surface area (Å²) in [5.74, 6) is 2.21. The molecular weight excluding hydrogens is 512 g/mol. The van der Waals surface area contributed by atoms with Crippen LogP contribution in [0.15, 0.2) is 23.4 Å². The van der Waals surface area contributed by atoms with E-state index in [4.69, 9.17) is 14.5 Å². The number of carbonyl (C=O) groups excluding carboxylic acids is 1. The Balaban J connectivity index is 1.07. The number of likely N-dealkylation sites (tertiary alicyclic amines) is 1. The number of aromatic nitrogens is 6. The normalized spacial score (nSPS) is 23.2. The third-order valence-corrected chi connectivity index (χ3v) is 8.62. The fraction of sp³-hybridized carbons (Fsp3) is 0.643. The van der Waals surface area contributed by atoms with Gasteiger partial charge in [-0.2, -0.15) is 5.10 Å². The summed E-state index contributed by atoms with van der Waals surface area (Å²) in [6.07, 6.45) is 8.63. The number of nitrogens with one attached hydrogen (secondary N) is 1. The van der Waals surface area contributed by atoms with Crippen molar-refractivity contribution in [1.82, 2.24) is 34.6 Å². The second-order valence-electron chi connectivity index (χ2n) is 11.3. The van der Waals surface area contributed by atoms with Gasteiger partial charge in [-0.15, -0.1) is 0 Å². The second-order valence-corrected chi connectivity index (χ2v) is 11.3. The molecule has 2 atom stereocenters. The average Bonchev–Trinajstić information content (AvgIpc) is 3.57. The summed E-state index contributed by atoms with van der Waals surface area (Å²) >= 11 is 0. The van der Waals surface area contributed by atoms with Crippen LogP contribution in [0.1, 0.15) is 67.7 Å². The first-order valence-corrected chi connectivity index (χ1v) is 14.5. The fourth-order valence-corrected chi connectivity index (χ4v) is 6.38. The number of H-pyrrole nitrogens is 1. The molecule has 0 aromatic carbocycles. The van der Waals surface area contributed by atoms with Crippen molar-refractivity contribution >= 4 is 23.0 Å². The monoisotopic (exact) mass is 550 g/mol. The summed E-state index contributed by atoms with van der Waals surface area (Å²) in [6, 6.07) is 0.220. The van der Waals surface area contributed by atoms with Crippen LogP contribution in [-0.2, 0) is 9.47 Å². The van der Waals surface area contributed by atoms with E-state index in [-0.39, 0.29) is 17.5 Å². The molecule has 3 aromatic rings. The maximum absolute atomic E-state index is 13.0. The molecular formula is C28H38N8O4. The summed E-state index contributed by atoms with van der Waals surface area (Å²) in [5.41, 5.74) is 0.969. The molecule has 1 N–H and O–H groups in total. The van der Waals surface area contributed by atoms with Gasteiger partial charge in [0.2, 0.25) is 5.95 Å². The minimum Gasteiger partial charge on any atom is -0.462 e. The predicted molar refractivity (Wildman–Crippen MR) is 149 cm³/mol. The van der Waals surface area contributed by atoms with E-state index in [2.05, 4.69) is 36.8 Å². The van der Waals surface area contributed by atoms with Gasteiger partial charge >= 0.3 is 5.97 Å². The highest BCUT2D eigenvalue weighted by molar-refractivity contribution is 5.88. The lowest BCUT2D eigenvalue weighted by atomic mass is 9.96. The Morgan fingerprint density at radius 1 is 1.10 bits per heavy atom. The van der Waals surface area contributed by atoms with Gasteiger partial charge in [0.05, 0.1) is 24.4 Å². The number of anilines is 1. The first-order chi connectivity index (χ1) is 19.5. The molecule has 12 nitrogen and oxygen atoms in total. The SMILES string of the molecule is CCOC(=O)c1cnc(N2CCC(CN3CC(C)C(c4nc5c(cnn5C5CCOCC5)c(=O)[nH]4)C3)CC2)nc1. The molecule has 40 heavy (non-hydrogen) atoms. The van der Waals surface area contributed by atoms with Crippen LogP contribution in [0.4, 0.5) is 5.95 Å². The van der Waals surface area contributed by atoms with Crippen LogP contribution in [0.25, 0.3) is 11.0 Å². The van der Waals surface area contributed by atoms with Crippen LogP contribution in [-0.4, -0.2) is 93.1 Å². The zero-order valence-corrected chi connectivity index (χ0v) is 23.3.